The van der Waals surface area contributed by atoms with E-state index in [1.54, 1.807) is 6.08 Å². The third kappa shape index (κ3) is 2.18. The maximum atomic E-state index is 11.6. The van der Waals surface area contributed by atoms with Gasteiger partial charge in [-0.05, 0) is 23.8 Å². The first kappa shape index (κ1) is 9.97. The summed E-state index contributed by atoms with van der Waals surface area (Å²) in [4.78, 5) is 11.6. The molecule has 0 spiro atoms. The molecule has 70 valence electrons. The molecular weight excluding hydrogens is 160 g/mol. The van der Waals surface area contributed by atoms with Crippen molar-refractivity contribution in [2.45, 2.75) is 26.7 Å². The van der Waals surface area contributed by atoms with Crippen molar-refractivity contribution in [3.8, 4) is 0 Å². The Balaban J connectivity index is 3.01. The van der Waals surface area contributed by atoms with Gasteiger partial charge in [0.15, 0.2) is 5.78 Å². The number of Topliss-reactive ketones (excluding diaryl/α,β-unsaturated/α-hetero) is 1. The van der Waals surface area contributed by atoms with Crippen molar-refractivity contribution in [1.82, 2.24) is 0 Å². The molecule has 13 heavy (non-hydrogen) atoms. The Bertz CT molecular complexity index is 292. The topological polar surface area (TPSA) is 17.1 Å². The van der Waals surface area contributed by atoms with Gasteiger partial charge in [0, 0.05) is 5.57 Å². The van der Waals surface area contributed by atoms with Gasteiger partial charge < -0.3 is 0 Å². The van der Waals surface area contributed by atoms with Crippen LogP contribution in [0, 0.1) is 5.41 Å². The number of rotatable bonds is 2. The summed E-state index contributed by atoms with van der Waals surface area (Å²) in [5.74, 6) is 0.110. The molecule has 0 fully saturated rings. The van der Waals surface area contributed by atoms with Crippen LogP contribution in [0.2, 0.25) is 0 Å². The standard InChI is InChI=1S/C12H16O/c1-5-6-10-8-12(3,4)7-9(2)11(10)13/h5,8H,1-2,6-7H2,3-4H3. The Morgan fingerprint density at radius 1 is 1.62 bits per heavy atom. The van der Waals surface area contributed by atoms with Gasteiger partial charge in [-0.15, -0.1) is 6.58 Å². The van der Waals surface area contributed by atoms with Gasteiger partial charge in [-0.2, -0.15) is 0 Å². The molecule has 1 rings (SSSR count). The van der Waals surface area contributed by atoms with Crippen LogP contribution in [-0.4, -0.2) is 5.78 Å². The zero-order valence-corrected chi connectivity index (χ0v) is 8.39. The number of hydrogen-bond donors (Lipinski definition) is 0. The summed E-state index contributed by atoms with van der Waals surface area (Å²) in [5.41, 5.74) is 1.64. The number of carbonyl (C=O) groups excluding carboxylic acids is 1. The van der Waals surface area contributed by atoms with Gasteiger partial charge in [-0.25, -0.2) is 0 Å². The molecule has 1 aliphatic rings. The molecule has 0 aromatic carbocycles. The van der Waals surface area contributed by atoms with Crippen LogP contribution in [0.1, 0.15) is 26.7 Å². The molecule has 0 N–H and O–H groups in total. The first-order valence-electron chi connectivity index (χ1n) is 4.51. The molecule has 0 amide bonds. The van der Waals surface area contributed by atoms with Gasteiger partial charge in [-0.3, -0.25) is 4.79 Å². The number of ketones is 1. The molecule has 0 saturated heterocycles. The highest BCUT2D eigenvalue weighted by Crippen LogP contribution is 2.34. The quantitative estimate of drug-likeness (QED) is 0.467. The summed E-state index contributed by atoms with van der Waals surface area (Å²) in [6.07, 6.45) is 5.23. The summed E-state index contributed by atoms with van der Waals surface area (Å²) in [6, 6.07) is 0. The van der Waals surface area contributed by atoms with Crippen LogP contribution in [0.15, 0.2) is 36.5 Å². The number of allylic oxidation sites excluding steroid dienone is 4. The lowest BCUT2D eigenvalue weighted by atomic mass is 9.76. The number of hydrogen-bond acceptors (Lipinski definition) is 1. The molecule has 0 radical (unpaired) electrons. The van der Waals surface area contributed by atoms with Crippen molar-refractivity contribution in [1.29, 1.82) is 0 Å². The summed E-state index contributed by atoms with van der Waals surface area (Å²) >= 11 is 0. The van der Waals surface area contributed by atoms with Crippen molar-refractivity contribution in [3.05, 3.63) is 36.5 Å². The predicted molar refractivity (Wildman–Crippen MR) is 55.4 cm³/mol. The zero-order chi connectivity index (χ0) is 10.1. The molecule has 1 heteroatoms. The van der Waals surface area contributed by atoms with Crippen LogP contribution in [0.5, 0.6) is 0 Å². The minimum Gasteiger partial charge on any atom is -0.289 e. The average Bonchev–Trinajstić information content (AvgIpc) is 1.99. The van der Waals surface area contributed by atoms with Crippen LogP contribution in [-0.2, 0) is 4.79 Å². The Morgan fingerprint density at radius 2 is 2.23 bits per heavy atom. The summed E-state index contributed by atoms with van der Waals surface area (Å²) < 4.78 is 0. The highest BCUT2D eigenvalue weighted by atomic mass is 16.1. The maximum absolute atomic E-state index is 11.6. The van der Waals surface area contributed by atoms with Crippen molar-refractivity contribution >= 4 is 5.78 Å². The molecule has 0 saturated carbocycles. The Labute approximate surface area is 79.8 Å². The van der Waals surface area contributed by atoms with Crippen LogP contribution in [0.25, 0.3) is 0 Å². The predicted octanol–water partition coefficient (Wildman–Crippen LogP) is 3.04. The minimum atomic E-state index is 0.0728. The van der Waals surface area contributed by atoms with E-state index in [0.29, 0.717) is 6.42 Å². The molecule has 0 bridgehead atoms. The Kier molecular flexibility index (Phi) is 2.55. The van der Waals surface area contributed by atoms with E-state index in [2.05, 4.69) is 27.0 Å². The maximum Gasteiger partial charge on any atom is 0.184 e. The van der Waals surface area contributed by atoms with Crippen LogP contribution >= 0.6 is 0 Å². The highest BCUT2D eigenvalue weighted by Gasteiger charge is 2.27. The van der Waals surface area contributed by atoms with E-state index in [9.17, 15) is 4.79 Å². The van der Waals surface area contributed by atoms with E-state index < -0.39 is 0 Å². The van der Waals surface area contributed by atoms with Gasteiger partial charge >= 0.3 is 0 Å². The second-order valence-electron chi connectivity index (χ2n) is 4.26. The molecule has 0 heterocycles. The van der Waals surface area contributed by atoms with E-state index in [1.165, 1.54) is 0 Å². The lowest BCUT2D eigenvalue weighted by Gasteiger charge is -2.27. The molecular formula is C12H16O. The van der Waals surface area contributed by atoms with E-state index in [-0.39, 0.29) is 11.2 Å². The number of carbonyl (C=O) groups is 1. The fourth-order valence-electron chi connectivity index (χ4n) is 1.75. The largest absolute Gasteiger partial charge is 0.289 e. The third-order valence-corrected chi connectivity index (χ3v) is 2.21. The van der Waals surface area contributed by atoms with Crippen molar-refractivity contribution in [2.75, 3.05) is 0 Å². The molecule has 0 aromatic rings. The van der Waals surface area contributed by atoms with E-state index in [4.69, 9.17) is 0 Å². The Hall–Kier alpha value is -1.11. The lowest BCUT2D eigenvalue weighted by Crippen LogP contribution is -2.21. The second kappa shape index (κ2) is 3.33. The van der Waals surface area contributed by atoms with Crippen LogP contribution in [0.4, 0.5) is 0 Å². The molecule has 0 unspecified atom stereocenters. The monoisotopic (exact) mass is 176 g/mol. The molecule has 0 aliphatic heterocycles. The molecule has 1 nitrogen and oxygen atoms in total. The van der Waals surface area contributed by atoms with Gasteiger partial charge in [0.25, 0.3) is 0 Å². The highest BCUT2D eigenvalue weighted by molar-refractivity contribution is 6.09. The van der Waals surface area contributed by atoms with Crippen molar-refractivity contribution in [3.63, 3.8) is 0 Å². The molecule has 0 atom stereocenters. The summed E-state index contributed by atoms with van der Waals surface area (Å²) in [7, 11) is 0. The second-order valence-corrected chi connectivity index (χ2v) is 4.26. The minimum absolute atomic E-state index is 0.0728. The normalized spacial score (nSPS) is 21.2. The van der Waals surface area contributed by atoms with Crippen LogP contribution in [0.3, 0.4) is 0 Å². The first-order valence-corrected chi connectivity index (χ1v) is 4.51. The van der Waals surface area contributed by atoms with Gasteiger partial charge in [-0.1, -0.05) is 32.6 Å². The van der Waals surface area contributed by atoms with E-state index >= 15 is 0 Å². The van der Waals surface area contributed by atoms with Gasteiger partial charge in [0.1, 0.15) is 0 Å². The SMILES string of the molecule is C=CCC1=CC(C)(C)CC(=C)C1=O. The van der Waals surface area contributed by atoms with E-state index in [1.807, 2.05) is 6.08 Å². The summed E-state index contributed by atoms with van der Waals surface area (Å²) in [6.45, 7) is 11.7. The van der Waals surface area contributed by atoms with Gasteiger partial charge in [0.2, 0.25) is 0 Å². The molecule has 1 aliphatic carbocycles. The fraction of sp³-hybridized carbons (Fsp3) is 0.417. The molecule has 0 aromatic heterocycles. The summed E-state index contributed by atoms with van der Waals surface area (Å²) in [5, 5.41) is 0. The smallest absolute Gasteiger partial charge is 0.184 e. The fourth-order valence-corrected chi connectivity index (χ4v) is 1.75. The van der Waals surface area contributed by atoms with Crippen molar-refractivity contribution in [2.24, 2.45) is 5.41 Å². The van der Waals surface area contributed by atoms with Crippen molar-refractivity contribution < 1.29 is 4.79 Å². The van der Waals surface area contributed by atoms with E-state index in [0.717, 1.165) is 17.6 Å². The first-order chi connectivity index (χ1) is 5.96. The van der Waals surface area contributed by atoms with Crippen LogP contribution < -0.4 is 0 Å². The zero-order valence-electron chi connectivity index (χ0n) is 8.39. The Morgan fingerprint density at radius 3 is 2.77 bits per heavy atom. The lowest BCUT2D eigenvalue weighted by molar-refractivity contribution is -0.113. The van der Waals surface area contributed by atoms with Gasteiger partial charge in [0.05, 0.1) is 0 Å². The third-order valence-electron chi connectivity index (χ3n) is 2.21. The average molecular weight is 176 g/mol.